The fraction of sp³-hybridized carbons (Fsp3) is 0.895. The highest BCUT2D eigenvalue weighted by Gasteiger charge is 2.18. The normalized spacial score (nSPS) is 13.4. The van der Waals surface area contributed by atoms with E-state index in [-0.39, 0.29) is 12.5 Å². The molecule has 0 fully saturated rings. The first-order chi connectivity index (χ1) is 11.0. The zero-order chi connectivity index (χ0) is 17.5. The lowest BCUT2D eigenvalue weighted by molar-refractivity contribution is -0.158. The molecule has 0 aromatic heterocycles. The number of unbranched alkanes of at least 4 members (excludes halogenated alkanes) is 7. The molecule has 0 aromatic rings. The van der Waals surface area contributed by atoms with Crippen LogP contribution in [0.1, 0.15) is 91.9 Å². The highest BCUT2D eigenvalue weighted by atomic mass is 16.6. The van der Waals surface area contributed by atoms with Crippen LogP contribution in [-0.4, -0.2) is 24.6 Å². The number of carbonyl (C=O) groups is 2. The van der Waals surface area contributed by atoms with E-state index in [0.717, 1.165) is 19.3 Å². The minimum absolute atomic E-state index is 0.159. The van der Waals surface area contributed by atoms with E-state index in [9.17, 15) is 9.59 Å². The van der Waals surface area contributed by atoms with Gasteiger partial charge in [0, 0.05) is 0 Å². The summed E-state index contributed by atoms with van der Waals surface area (Å²) in [5, 5.41) is 0. The predicted molar refractivity (Wildman–Crippen MR) is 93.2 cm³/mol. The number of rotatable bonds is 14. The molecule has 2 atom stereocenters. The average Bonchev–Trinajstić information content (AvgIpc) is 2.52. The smallest absolute Gasteiger partial charge is 0.317 e. The van der Waals surface area contributed by atoms with Gasteiger partial charge < -0.3 is 9.47 Å². The zero-order valence-corrected chi connectivity index (χ0v) is 15.6. The third kappa shape index (κ3) is 13.1. The van der Waals surface area contributed by atoms with Crippen molar-refractivity contribution >= 4 is 11.9 Å². The molecule has 136 valence electrons. The first-order valence-corrected chi connectivity index (χ1v) is 9.36. The van der Waals surface area contributed by atoms with E-state index in [2.05, 4.69) is 6.92 Å². The van der Waals surface area contributed by atoms with E-state index in [1.165, 1.54) is 38.5 Å². The maximum absolute atomic E-state index is 11.6. The maximum atomic E-state index is 11.6. The van der Waals surface area contributed by atoms with E-state index >= 15 is 0 Å². The minimum atomic E-state index is -0.487. The topological polar surface area (TPSA) is 52.6 Å². The van der Waals surface area contributed by atoms with Crippen LogP contribution in [0.15, 0.2) is 0 Å². The van der Waals surface area contributed by atoms with Crippen LogP contribution in [0.2, 0.25) is 0 Å². The van der Waals surface area contributed by atoms with Crippen molar-refractivity contribution < 1.29 is 19.1 Å². The molecule has 2 unspecified atom stereocenters. The van der Waals surface area contributed by atoms with Gasteiger partial charge in [-0.2, -0.15) is 0 Å². The zero-order valence-electron chi connectivity index (χ0n) is 15.6. The van der Waals surface area contributed by atoms with Crippen molar-refractivity contribution in [3.8, 4) is 0 Å². The van der Waals surface area contributed by atoms with Crippen LogP contribution in [0, 0.1) is 5.92 Å². The van der Waals surface area contributed by atoms with Crippen LogP contribution in [0.3, 0.4) is 0 Å². The number of ether oxygens (including phenoxy) is 2. The largest absolute Gasteiger partial charge is 0.465 e. The van der Waals surface area contributed by atoms with E-state index in [0.29, 0.717) is 12.5 Å². The summed E-state index contributed by atoms with van der Waals surface area (Å²) >= 11 is 0. The molecule has 23 heavy (non-hydrogen) atoms. The quantitative estimate of drug-likeness (QED) is 0.255. The molecule has 0 spiro atoms. The van der Waals surface area contributed by atoms with Gasteiger partial charge in [-0.15, -0.1) is 0 Å². The van der Waals surface area contributed by atoms with Crippen molar-refractivity contribution in [1.82, 2.24) is 0 Å². The summed E-state index contributed by atoms with van der Waals surface area (Å²) in [4.78, 5) is 23.2. The van der Waals surface area contributed by atoms with Gasteiger partial charge >= 0.3 is 11.9 Å². The summed E-state index contributed by atoms with van der Waals surface area (Å²) in [5.74, 6) is -0.666. The molecule has 0 aliphatic heterocycles. The average molecular weight is 328 g/mol. The van der Waals surface area contributed by atoms with Crippen molar-refractivity contribution in [3.63, 3.8) is 0 Å². The fourth-order valence-electron chi connectivity index (χ4n) is 2.29. The van der Waals surface area contributed by atoms with Crippen LogP contribution >= 0.6 is 0 Å². The molecule has 0 bridgehead atoms. The number of hydrogen-bond donors (Lipinski definition) is 0. The Morgan fingerprint density at radius 3 is 1.96 bits per heavy atom. The molecule has 0 amide bonds. The lowest BCUT2D eigenvalue weighted by atomic mass is 10.0. The Morgan fingerprint density at radius 1 is 0.826 bits per heavy atom. The number of hydrogen-bond acceptors (Lipinski definition) is 4. The third-order valence-electron chi connectivity index (χ3n) is 4.31. The Balaban J connectivity index is 3.54. The molecular weight excluding hydrogens is 292 g/mol. The van der Waals surface area contributed by atoms with Crippen LogP contribution in [-0.2, 0) is 19.1 Å². The van der Waals surface area contributed by atoms with Gasteiger partial charge in [-0.05, 0) is 19.3 Å². The monoisotopic (exact) mass is 328 g/mol. The highest BCUT2D eigenvalue weighted by Crippen LogP contribution is 2.12. The van der Waals surface area contributed by atoms with E-state index in [4.69, 9.17) is 9.47 Å². The lowest BCUT2D eigenvalue weighted by Crippen LogP contribution is -2.23. The lowest BCUT2D eigenvalue weighted by Gasteiger charge is -2.18. The van der Waals surface area contributed by atoms with Crippen molar-refractivity contribution in [2.45, 2.75) is 98.0 Å². The van der Waals surface area contributed by atoms with Gasteiger partial charge in [-0.1, -0.05) is 72.1 Å². The van der Waals surface area contributed by atoms with E-state index < -0.39 is 11.9 Å². The molecule has 4 nitrogen and oxygen atoms in total. The maximum Gasteiger partial charge on any atom is 0.317 e. The molecule has 0 aromatic carbocycles. The molecule has 0 radical (unpaired) electrons. The van der Waals surface area contributed by atoms with E-state index in [1.807, 2.05) is 20.8 Å². The predicted octanol–water partition coefficient (Wildman–Crippen LogP) is 5.04. The molecule has 0 saturated carbocycles. The summed E-state index contributed by atoms with van der Waals surface area (Å²) < 4.78 is 10.3. The fourth-order valence-corrected chi connectivity index (χ4v) is 2.29. The van der Waals surface area contributed by atoms with Gasteiger partial charge in [0.25, 0.3) is 0 Å². The van der Waals surface area contributed by atoms with Crippen molar-refractivity contribution in [1.29, 1.82) is 0 Å². The molecule has 0 rings (SSSR count). The van der Waals surface area contributed by atoms with Gasteiger partial charge in [0.2, 0.25) is 0 Å². The molecule has 0 aliphatic rings. The second-order valence-corrected chi connectivity index (χ2v) is 6.45. The van der Waals surface area contributed by atoms with Crippen LogP contribution < -0.4 is 0 Å². The molecule has 0 N–H and O–H groups in total. The van der Waals surface area contributed by atoms with E-state index in [1.54, 1.807) is 0 Å². The van der Waals surface area contributed by atoms with Crippen molar-refractivity contribution in [2.24, 2.45) is 5.92 Å². The summed E-state index contributed by atoms with van der Waals surface area (Å²) in [6.45, 7) is 8.56. The second kappa shape index (κ2) is 14.5. The highest BCUT2D eigenvalue weighted by molar-refractivity contribution is 5.91. The molecule has 0 aliphatic carbocycles. The van der Waals surface area contributed by atoms with Crippen LogP contribution in [0.25, 0.3) is 0 Å². The van der Waals surface area contributed by atoms with Crippen molar-refractivity contribution in [3.05, 3.63) is 0 Å². The van der Waals surface area contributed by atoms with Crippen molar-refractivity contribution in [2.75, 3.05) is 6.61 Å². The first-order valence-electron chi connectivity index (χ1n) is 9.36. The Labute approximate surface area is 142 Å². The summed E-state index contributed by atoms with van der Waals surface area (Å²) in [7, 11) is 0. The molecule has 0 heterocycles. The standard InChI is InChI=1S/C19H36O4/c1-5-7-8-9-10-11-12-13-14-22-18(20)15-19(21)23-17(4)16(3)6-2/h16-17H,5-15H2,1-4H3. The Hall–Kier alpha value is -1.06. The summed E-state index contributed by atoms with van der Waals surface area (Å²) in [5.41, 5.74) is 0. The number of carbonyl (C=O) groups excluding carboxylic acids is 2. The van der Waals surface area contributed by atoms with Gasteiger partial charge in [-0.25, -0.2) is 0 Å². The Morgan fingerprint density at radius 2 is 1.39 bits per heavy atom. The Bertz CT molecular complexity index is 314. The van der Waals surface area contributed by atoms with Gasteiger partial charge in [0.1, 0.15) is 12.5 Å². The summed E-state index contributed by atoms with van der Waals surface area (Å²) in [6.07, 6.45) is 10.1. The number of esters is 2. The first kappa shape index (κ1) is 21.9. The summed E-state index contributed by atoms with van der Waals surface area (Å²) in [6, 6.07) is 0. The van der Waals surface area contributed by atoms with Gasteiger partial charge in [0.15, 0.2) is 0 Å². The van der Waals surface area contributed by atoms with Crippen LogP contribution in [0.4, 0.5) is 0 Å². The third-order valence-corrected chi connectivity index (χ3v) is 4.31. The van der Waals surface area contributed by atoms with Gasteiger partial charge in [0.05, 0.1) is 6.61 Å². The Kier molecular flexibility index (Phi) is 13.9. The molecule has 4 heteroatoms. The minimum Gasteiger partial charge on any atom is -0.465 e. The SMILES string of the molecule is CCCCCCCCCCOC(=O)CC(=O)OC(C)C(C)CC. The second-order valence-electron chi connectivity index (χ2n) is 6.45. The van der Waals surface area contributed by atoms with Gasteiger partial charge in [-0.3, -0.25) is 9.59 Å². The molecule has 0 saturated heterocycles. The molecular formula is C19H36O4. The van der Waals surface area contributed by atoms with Crippen LogP contribution in [0.5, 0.6) is 0 Å².